The molecule has 1 N–H and O–H groups in total. The van der Waals surface area contributed by atoms with Crippen LogP contribution in [0.25, 0.3) is 0 Å². The van der Waals surface area contributed by atoms with Gasteiger partial charge in [0.1, 0.15) is 5.82 Å². The van der Waals surface area contributed by atoms with Gasteiger partial charge in [-0.3, -0.25) is 0 Å². The van der Waals surface area contributed by atoms with Crippen molar-refractivity contribution >= 4 is 23.0 Å². The van der Waals surface area contributed by atoms with Crippen molar-refractivity contribution in [1.29, 1.82) is 0 Å². The second kappa shape index (κ2) is 5.71. The number of para-hydroxylation sites is 2. The van der Waals surface area contributed by atoms with Crippen molar-refractivity contribution in [3.05, 3.63) is 58.9 Å². The Hall–Kier alpha value is -1.74. The average molecular weight is 291 g/mol. The molecule has 0 bridgehead atoms. The lowest BCUT2D eigenvalue weighted by atomic mass is 10.1. The Morgan fingerprint density at radius 2 is 2.05 bits per heavy atom. The molecule has 0 saturated heterocycles. The van der Waals surface area contributed by atoms with Gasteiger partial charge in [0.25, 0.3) is 0 Å². The molecule has 2 nitrogen and oxygen atoms in total. The van der Waals surface area contributed by atoms with E-state index in [1.807, 2.05) is 12.1 Å². The van der Waals surface area contributed by atoms with E-state index in [-0.39, 0.29) is 5.82 Å². The Morgan fingerprint density at radius 3 is 2.95 bits per heavy atom. The van der Waals surface area contributed by atoms with Gasteiger partial charge >= 0.3 is 0 Å². The summed E-state index contributed by atoms with van der Waals surface area (Å²) in [5.41, 5.74) is 2.85. The fourth-order valence-corrected chi connectivity index (χ4v) is 2.74. The van der Waals surface area contributed by atoms with Gasteiger partial charge < -0.3 is 10.2 Å². The number of rotatable bonds is 2. The normalized spacial score (nSPS) is 14.4. The zero-order valence-corrected chi connectivity index (χ0v) is 11.8. The van der Waals surface area contributed by atoms with E-state index in [4.69, 9.17) is 11.6 Å². The number of halogens is 2. The van der Waals surface area contributed by atoms with E-state index < -0.39 is 0 Å². The first-order valence-corrected chi connectivity index (χ1v) is 7.13. The van der Waals surface area contributed by atoms with Crippen molar-refractivity contribution in [2.75, 3.05) is 23.3 Å². The summed E-state index contributed by atoms with van der Waals surface area (Å²) in [7, 11) is 0. The van der Waals surface area contributed by atoms with Gasteiger partial charge in [-0.05, 0) is 36.8 Å². The lowest BCUT2D eigenvalue weighted by molar-refractivity contribution is 0.603. The Kier molecular flexibility index (Phi) is 3.79. The number of hydrogen-bond donors (Lipinski definition) is 1. The molecule has 0 saturated carbocycles. The fourth-order valence-electron chi connectivity index (χ4n) is 2.55. The molecular weight excluding hydrogens is 275 g/mol. The number of nitrogens with one attached hydrogen (secondary N) is 1. The van der Waals surface area contributed by atoms with Crippen molar-refractivity contribution in [1.82, 2.24) is 0 Å². The van der Waals surface area contributed by atoms with E-state index in [1.165, 1.54) is 6.07 Å². The molecule has 3 rings (SSSR count). The molecule has 1 aliphatic rings. The first-order valence-electron chi connectivity index (χ1n) is 6.76. The number of anilines is 2. The molecule has 0 radical (unpaired) electrons. The van der Waals surface area contributed by atoms with Crippen LogP contribution in [0.2, 0.25) is 5.02 Å². The monoisotopic (exact) mass is 290 g/mol. The first-order chi connectivity index (χ1) is 9.74. The van der Waals surface area contributed by atoms with Gasteiger partial charge in [0.2, 0.25) is 0 Å². The maximum Gasteiger partial charge on any atom is 0.128 e. The highest BCUT2D eigenvalue weighted by Crippen LogP contribution is 2.30. The predicted molar refractivity (Wildman–Crippen MR) is 82.0 cm³/mol. The van der Waals surface area contributed by atoms with Crippen LogP contribution in [-0.2, 0) is 6.54 Å². The minimum absolute atomic E-state index is 0.205. The van der Waals surface area contributed by atoms with Crippen LogP contribution in [0.5, 0.6) is 0 Å². The van der Waals surface area contributed by atoms with Crippen molar-refractivity contribution in [3.63, 3.8) is 0 Å². The number of fused-ring (bicyclic) bond motifs is 1. The highest BCUT2D eigenvalue weighted by Gasteiger charge is 2.16. The molecule has 1 aliphatic heterocycles. The van der Waals surface area contributed by atoms with Gasteiger partial charge in [0, 0.05) is 30.2 Å². The number of nitrogens with zero attached hydrogens (tertiary/aromatic N) is 1. The summed E-state index contributed by atoms with van der Waals surface area (Å²) in [5, 5.41) is 3.98. The molecule has 0 aliphatic carbocycles. The van der Waals surface area contributed by atoms with Gasteiger partial charge in [-0.2, -0.15) is 0 Å². The summed E-state index contributed by atoms with van der Waals surface area (Å²) in [6.07, 6.45) is 1.02. The van der Waals surface area contributed by atoms with Gasteiger partial charge in [0.05, 0.1) is 11.4 Å². The van der Waals surface area contributed by atoms with Crippen LogP contribution in [0.3, 0.4) is 0 Å². The molecule has 0 atom stereocenters. The Balaban J connectivity index is 1.92. The molecule has 2 aromatic rings. The Labute approximate surface area is 123 Å². The molecule has 104 valence electrons. The lowest BCUT2D eigenvalue weighted by Crippen LogP contribution is -2.23. The van der Waals surface area contributed by atoms with Crippen LogP contribution < -0.4 is 10.2 Å². The maximum absolute atomic E-state index is 13.9. The Morgan fingerprint density at radius 1 is 1.20 bits per heavy atom. The number of hydrogen-bond acceptors (Lipinski definition) is 2. The summed E-state index contributed by atoms with van der Waals surface area (Å²) >= 11 is 5.97. The molecule has 0 spiro atoms. The fraction of sp³-hybridized carbons (Fsp3) is 0.250. The lowest BCUT2D eigenvalue weighted by Gasteiger charge is -2.24. The molecule has 20 heavy (non-hydrogen) atoms. The van der Waals surface area contributed by atoms with Gasteiger partial charge in [0.15, 0.2) is 0 Å². The van der Waals surface area contributed by atoms with E-state index in [1.54, 1.807) is 12.1 Å². The summed E-state index contributed by atoms with van der Waals surface area (Å²) < 4.78 is 13.9. The molecule has 4 heteroatoms. The standard InChI is InChI=1S/C16H16ClFN2/c17-13-6-7-14(18)12(10-13)11-20-9-3-8-19-15-4-1-2-5-16(15)20/h1-2,4-7,10,19H,3,8-9,11H2. The second-order valence-electron chi connectivity index (χ2n) is 4.95. The van der Waals surface area contributed by atoms with E-state index in [9.17, 15) is 4.39 Å². The molecule has 0 aromatic heterocycles. The van der Waals surface area contributed by atoms with E-state index in [0.717, 1.165) is 30.9 Å². The van der Waals surface area contributed by atoms with E-state index >= 15 is 0 Å². The minimum atomic E-state index is -0.205. The summed E-state index contributed by atoms with van der Waals surface area (Å²) in [5.74, 6) is -0.205. The summed E-state index contributed by atoms with van der Waals surface area (Å²) in [6.45, 7) is 2.37. The number of benzene rings is 2. The SMILES string of the molecule is Fc1ccc(Cl)cc1CN1CCCNc2ccccc21. The molecule has 2 aromatic carbocycles. The van der Waals surface area contributed by atoms with Crippen molar-refractivity contribution in [2.24, 2.45) is 0 Å². The van der Waals surface area contributed by atoms with Crippen molar-refractivity contribution in [2.45, 2.75) is 13.0 Å². The highest BCUT2D eigenvalue weighted by atomic mass is 35.5. The quantitative estimate of drug-likeness (QED) is 0.887. The van der Waals surface area contributed by atoms with E-state index in [0.29, 0.717) is 17.1 Å². The van der Waals surface area contributed by atoms with E-state index in [2.05, 4.69) is 22.3 Å². The molecule has 0 fully saturated rings. The van der Waals surface area contributed by atoms with Gasteiger partial charge in [-0.25, -0.2) is 4.39 Å². The minimum Gasteiger partial charge on any atom is -0.383 e. The van der Waals surface area contributed by atoms with Crippen LogP contribution >= 0.6 is 11.6 Å². The second-order valence-corrected chi connectivity index (χ2v) is 5.39. The van der Waals surface area contributed by atoms with Crippen LogP contribution in [0.15, 0.2) is 42.5 Å². The first kappa shape index (κ1) is 13.3. The zero-order chi connectivity index (χ0) is 13.9. The van der Waals surface area contributed by atoms with Crippen LogP contribution in [-0.4, -0.2) is 13.1 Å². The highest BCUT2D eigenvalue weighted by molar-refractivity contribution is 6.30. The Bertz CT molecular complexity index is 615. The topological polar surface area (TPSA) is 15.3 Å². The smallest absolute Gasteiger partial charge is 0.128 e. The molecule has 1 heterocycles. The van der Waals surface area contributed by atoms with Crippen LogP contribution in [0.1, 0.15) is 12.0 Å². The third-order valence-electron chi connectivity index (χ3n) is 3.53. The van der Waals surface area contributed by atoms with Crippen molar-refractivity contribution in [3.8, 4) is 0 Å². The summed E-state index contributed by atoms with van der Waals surface area (Å²) in [6, 6.07) is 12.9. The van der Waals surface area contributed by atoms with Gasteiger partial charge in [-0.15, -0.1) is 0 Å². The average Bonchev–Trinajstić information content (AvgIpc) is 2.66. The third kappa shape index (κ3) is 2.73. The van der Waals surface area contributed by atoms with Crippen LogP contribution in [0, 0.1) is 5.82 Å². The van der Waals surface area contributed by atoms with Gasteiger partial charge in [-0.1, -0.05) is 23.7 Å². The van der Waals surface area contributed by atoms with Crippen LogP contribution in [0.4, 0.5) is 15.8 Å². The predicted octanol–water partition coefficient (Wildman–Crippen LogP) is 4.30. The molecular formula is C16H16ClFN2. The maximum atomic E-state index is 13.9. The summed E-state index contributed by atoms with van der Waals surface area (Å²) in [4.78, 5) is 2.20. The molecule has 0 amide bonds. The largest absolute Gasteiger partial charge is 0.383 e. The van der Waals surface area contributed by atoms with Crippen molar-refractivity contribution < 1.29 is 4.39 Å². The zero-order valence-electron chi connectivity index (χ0n) is 11.1. The molecule has 0 unspecified atom stereocenters. The third-order valence-corrected chi connectivity index (χ3v) is 3.77.